The number of urea groups is 1. The van der Waals surface area contributed by atoms with Gasteiger partial charge < -0.3 is 15.7 Å². The predicted molar refractivity (Wildman–Crippen MR) is 76.0 cm³/mol. The number of aryl methyl sites for hydroxylation is 1. The molecule has 0 saturated heterocycles. The number of carbonyl (C=O) groups excluding carboxylic acids is 1. The zero-order valence-corrected chi connectivity index (χ0v) is 12.5. The monoisotopic (exact) mass is 283 g/mol. The zero-order chi connectivity index (χ0) is 15.0. The fourth-order valence-electron chi connectivity index (χ4n) is 2.16. The van der Waals surface area contributed by atoms with Crippen LogP contribution >= 0.6 is 0 Å². The highest BCUT2D eigenvalue weighted by Gasteiger charge is 2.25. The molecule has 0 atom stereocenters. The minimum atomic E-state index is -0.815. The van der Waals surface area contributed by atoms with Crippen molar-refractivity contribution >= 4 is 6.03 Å². The molecule has 0 aliphatic rings. The van der Waals surface area contributed by atoms with Crippen LogP contribution in [-0.4, -0.2) is 38.0 Å². The van der Waals surface area contributed by atoms with E-state index in [1.54, 1.807) is 18.1 Å². The molecule has 0 fully saturated rings. The van der Waals surface area contributed by atoms with Crippen LogP contribution in [0.1, 0.15) is 45.4 Å². The first-order valence-corrected chi connectivity index (χ1v) is 7.07. The van der Waals surface area contributed by atoms with E-state index in [4.69, 9.17) is 0 Å². The summed E-state index contributed by atoms with van der Waals surface area (Å²) in [6.07, 6.45) is 4.72. The van der Waals surface area contributed by atoms with E-state index in [1.165, 1.54) is 0 Å². The Morgan fingerprint density at radius 1 is 1.35 bits per heavy atom. The second kappa shape index (κ2) is 7.84. The van der Waals surface area contributed by atoms with Crippen molar-refractivity contribution in [3.63, 3.8) is 0 Å². The average Bonchev–Trinajstić information content (AvgIpc) is 2.80. The molecular formula is C13H25N5O2. The molecule has 0 radical (unpaired) electrons. The van der Waals surface area contributed by atoms with Gasteiger partial charge in [0, 0.05) is 13.6 Å². The summed E-state index contributed by atoms with van der Waals surface area (Å²) in [5, 5.41) is 19.8. The van der Waals surface area contributed by atoms with Gasteiger partial charge in [-0.25, -0.2) is 9.78 Å². The van der Waals surface area contributed by atoms with Gasteiger partial charge in [0.1, 0.15) is 6.33 Å². The van der Waals surface area contributed by atoms with E-state index < -0.39 is 5.60 Å². The maximum Gasteiger partial charge on any atom is 0.315 e. The van der Waals surface area contributed by atoms with Gasteiger partial charge in [-0.05, 0) is 12.8 Å². The molecule has 1 aromatic rings. The van der Waals surface area contributed by atoms with E-state index in [2.05, 4.69) is 20.7 Å². The molecule has 2 amide bonds. The minimum Gasteiger partial charge on any atom is -0.388 e. The lowest BCUT2D eigenvalue weighted by Crippen LogP contribution is -2.46. The maximum absolute atomic E-state index is 11.7. The summed E-state index contributed by atoms with van der Waals surface area (Å²) in [7, 11) is 1.77. The Labute approximate surface area is 119 Å². The van der Waals surface area contributed by atoms with Crippen LogP contribution in [0.4, 0.5) is 4.79 Å². The summed E-state index contributed by atoms with van der Waals surface area (Å²) < 4.78 is 1.58. The van der Waals surface area contributed by atoms with Crippen molar-refractivity contribution in [1.29, 1.82) is 0 Å². The molecule has 7 heteroatoms. The number of rotatable bonds is 8. The topological polar surface area (TPSA) is 92.1 Å². The van der Waals surface area contributed by atoms with Crippen LogP contribution in [0.5, 0.6) is 0 Å². The Balaban J connectivity index is 2.34. The van der Waals surface area contributed by atoms with Gasteiger partial charge in [-0.1, -0.05) is 26.7 Å². The lowest BCUT2D eigenvalue weighted by molar-refractivity contribution is 0.0241. The van der Waals surface area contributed by atoms with Gasteiger partial charge in [-0.15, -0.1) is 0 Å². The fourth-order valence-corrected chi connectivity index (χ4v) is 2.16. The van der Waals surface area contributed by atoms with Crippen molar-refractivity contribution in [2.45, 2.75) is 51.7 Å². The molecule has 1 aromatic heterocycles. The number of nitrogens with one attached hydrogen (secondary N) is 2. The maximum atomic E-state index is 11.7. The van der Waals surface area contributed by atoms with Gasteiger partial charge in [0.25, 0.3) is 0 Å². The van der Waals surface area contributed by atoms with Crippen LogP contribution in [0.15, 0.2) is 6.33 Å². The van der Waals surface area contributed by atoms with Crippen molar-refractivity contribution in [3.05, 3.63) is 12.2 Å². The molecule has 0 aliphatic carbocycles. The summed E-state index contributed by atoms with van der Waals surface area (Å²) in [4.78, 5) is 15.7. The molecule has 20 heavy (non-hydrogen) atoms. The molecule has 1 rings (SSSR count). The number of carbonyl (C=O) groups is 1. The van der Waals surface area contributed by atoms with E-state index in [0.717, 1.165) is 12.8 Å². The van der Waals surface area contributed by atoms with Crippen LogP contribution < -0.4 is 10.6 Å². The predicted octanol–water partition coefficient (Wildman–Crippen LogP) is 0.946. The number of amides is 2. The Hall–Kier alpha value is -1.63. The van der Waals surface area contributed by atoms with E-state index in [1.807, 2.05) is 13.8 Å². The Kier molecular flexibility index (Phi) is 6.44. The molecule has 0 saturated carbocycles. The van der Waals surface area contributed by atoms with Gasteiger partial charge in [-0.2, -0.15) is 5.10 Å². The number of aromatic nitrogens is 3. The lowest BCUT2D eigenvalue weighted by Gasteiger charge is -2.27. The molecule has 0 spiro atoms. The molecule has 1 heterocycles. The average molecular weight is 283 g/mol. The first kappa shape index (κ1) is 16.4. The standard InChI is InChI=1S/C13H25N5O2/c1-4-6-13(20,7-5-2)9-15-12(19)14-8-11-16-10-18(3)17-11/h10,20H,4-9H2,1-3H3,(H2,14,15,19). The van der Waals surface area contributed by atoms with Crippen molar-refractivity contribution < 1.29 is 9.90 Å². The summed E-state index contributed by atoms with van der Waals surface area (Å²) >= 11 is 0. The third-order valence-electron chi connectivity index (χ3n) is 3.06. The largest absolute Gasteiger partial charge is 0.388 e. The smallest absolute Gasteiger partial charge is 0.315 e. The van der Waals surface area contributed by atoms with Crippen molar-refractivity contribution in [3.8, 4) is 0 Å². The molecule has 3 N–H and O–H groups in total. The van der Waals surface area contributed by atoms with Crippen molar-refractivity contribution in [2.75, 3.05) is 6.54 Å². The second-order valence-electron chi connectivity index (χ2n) is 5.10. The molecule has 0 bridgehead atoms. The van der Waals surface area contributed by atoms with Crippen LogP contribution in [0.3, 0.4) is 0 Å². The summed E-state index contributed by atoms with van der Waals surface area (Å²) in [6, 6.07) is -0.317. The number of hydrogen-bond acceptors (Lipinski definition) is 4. The fraction of sp³-hybridized carbons (Fsp3) is 0.769. The first-order valence-electron chi connectivity index (χ1n) is 7.07. The van der Waals surface area contributed by atoms with Gasteiger partial charge in [0.15, 0.2) is 5.82 Å². The third kappa shape index (κ3) is 5.56. The van der Waals surface area contributed by atoms with Crippen molar-refractivity contribution in [2.24, 2.45) is 7.05 Å². The Morgan fingerprint density at radius 3 is 2.50 bits per heavy atom. The van der Waals surface area contributed by atoms with Crippen LogP contribution in [0.2, 0.25) is 0 Å². The number of hydrogen-bond donors (Lipinski definition) is 3. The highest BCUT2D eigenvalue weighted by atomic mass is 16.3. The molecule has 0 unspecified atom stereocenters. The van der Waals surface area contributed by atoms with Gasteiger partial charge in [0.2, 0.25) is 0 Å². The van der Waals surface area contributed by atoms with E-state index in [9.17, 15) is 9.90 Å². The quantitative estimate of drug-likeness (QED) is 0.662. The zero-order valence-electron chi connectivity index (χ0n) is 12.5. The molecular weight excluding hydrogens is 258 g/mol. The normalized spacial score (nSPS) is 11.4. The highest BCUT2D eigenvalue weighted by Crippen LogP contribution is 2.18. The SMILES string of the molecule is CCCC(O)(CCC)CNC(=O)NCc1ncn(C)n1. The molecule has 0 aliphatic heterocycles. The number of nitrogens with zero attached hydrogens (tertiary/aromatic N) is 3. The van der Waals surface area contributed by atoms with E-state index in [-0.39, 0.29) is 19.1 Å². The first-order chi connectivity index (χ1) is 9.49. The van der Waals surface area contributed by atoms with Gasteiger partial charge in [0.05, 0.1) is 12.1 Å². The van der Waals surface area contributed by atoms with E-state index in [0.29, 0.717) is 18.7 Å². The minimum absolute atomic E-state index is 0.260. The molecule has 114 valence electrons. The summed E-state index contributed by atoms with van der Waals surface area (Å²) in [5.41, 5.74) is -0.815. The molecule has 7 nitrogen and oxygen atoms in total. The second-order valence-corrected chi connectivity index (χ2v) is 5.10. The Morgan fingerprint density at radius 2 is 2.00 bits per heavy atom. The third-order valence-corrected chi connectivity index (χ3v) is 3.06. The lowest BCUT2D eigenvalue weighted by atomic mass is 9.93. The van der Waals surface area contributed by atoms with Gasteiger partial charge in [-0.3, -0.25) is 4.68 Å². The van der Waals surface area contributed by atoms with Crippen LogP contribution in [-0.2, 0) is 13.6 Å². The number of aliphatic hydroxyl groups is 1. The highest BCUT2D eigenvalue weighted by molar-refractivity contribution is 5.73. The van der Waals surface area contributed by atoms with Gasteiger partial charge >= 0.3 is 6.03 Å². The Bertz CT molecular complexity index is 413. The van der Waals surface area contributed by atoms with Crippen LogP contribution in [0.25, 0.3) is 0 Å². The van der Waals surface area contributed by atoms with Crippen LogP contribution in [0, 0.1) is 0 Å². The molecule has 0 aromatic carbocycles. The van der Waals surface area contributed by atoms with Crippen molar-refractivity contribution in [1.82, 2.24) is 25.4 Å². The summed E-state index contributed by atoms with van der Waals surface area (Å²) in [6.45, 7) is 4.57. The summed E-state index contributed by atoms with van der Waals surface area (Å²) in [5.74, 6) is 0.556. The van der Waals surface area contributed by atoms with E-state index >= 15 is 0 Å².